The molecular formula is C21H21N5O3. The van der Waals surface area contributed by atoms with E-state index in [4.69, 9.17) is 14.9 Å². The lowest BCUT2D eigenvalue weighted by atomic mass is 10.1. The molecule has 1 aliphatic heterocycles. The van der Waals surface area contributed by atoms with Crippen LogP contribution in [0, 0.1) is 5.41 Å². The van der Waals surface area contributed by atoms with Gasteiger partial charge in [-0.25, -0.2) is 4.98 Å². The van der Waals surface area contributed by atoms with Crippen LogP contribution in [-0.4, -0.2) is 46.9 Å². The van der Waals surface area contributed by atoms with E-state index in [0.717, 1.165) is 5.56 Å². The van der Waals surface area contributed by atoms with Gasteiger partial charge >= 0.3 is 0 Å². The Labute approximate surface area is 167 Å². The van der Waals surface area contributed by atoms with Crippen molar-refractivity contribution in [1.29, 1.82) is 5.41 Å². The number of ether oxygens (including phenoxy) is 2. The average Bonchev–Trinajstić information content (AvgIpc) is 3.31. The van der Waals surface area contributed by atoms with Crippen molar-refractivity contribution in [3.8, 4) is 11.5 Å². The third kappa shape index (κ3) is 3.64. The molecule has 4 rings (SSSR count). The van der Waals surface area contributed by atoms with E-state index in [1.807, 2.05) is 30.3 Å². The molecule has 8 nitrogen and oxygen atoms in total. The SMILES string of the molecule is COc1cc(OC)cc(N2CC(O)=C(c3n[nH]c(Cc4ccccc4)n3)C2=N)c1. The molecule has 0 amide bonds. The molecule has 0 saturated carbocycles. The van der Waals surface area contributed by atoms with Crippen molar-refractivity contribution >= 4 is 17.1 Å². The Bertz CT molecular complexity index is 1050. The second kappa shape index (κ2) is 7.67. The van der Waals surface area contributed by atoms with Crippen LogP contribution in [0.3, 0.4) is 0 Å². The molecule has 0 saturated heterocycles. The maximum atomic E-state index is 10.5. The molecule has 0 atom stereocenters. The Hall–Kier alpha value is -3.81. The minimum Gasteiger partial charge on any atom is -0.509 e. The number of rotatable bonds is 6. The van der Waals surface area contributed by atoms with Crippen LogP contribution in [-0.2, 0) is 6.42 Å². The minimum atomic E-state index is 0.0436. The number of amidine groups is 1. The zero-order valence-electron chi connectivity index (χ0n) is 16.1. The molecule has 1 aromatic heterocycles. The van der Waals surface area contributed by atoms with Crippen LogP contribution in [0.15, 0.2) is 54.3 Å². The minimum absolute atomic E-state index is 0.0436. The van der Waals surface area contributed by atoms with Crippen molar-refractivity contribution < 1.29 is 14.6 Å². The van der Waals surface area contributed by atoms with Gasteiger partial charge in [0, 0.05) is 24.6 Å². The van der Waals surface area contributed by atoms with E-state index in [0.29, 0.717) is 40.8 Å². The molecular weight excluding hydrogens is 370 g/mol. The first-order valence-electron chi connectivity index (χ1n) is 9.06. The zero-order valence-corrected chi connectivity index (χ0v) is 16.1. The van der Waals surface area contributed by atoms with Crippen LogP contribution in [0.25, 0.3) is 5.57 Å². The normalized spacial score (nSPS) is 13.9. The third-order valence-corrected chi connectivity index (χ3v) is 4.72. The van der Waals surface area contributed by atoms with Crippen molar-refractivity contribution in [2.24, 2.45) is 0 Å². The second-order valence-electron chi connectivity index (χ2n) is 6.60. The number of hydrogen-bond donors (Lipinski definition) is 3. The Kier molecular flexibility index (Phi) is 4.90. The van der Waals surface area contributed by atoms with Crippen molar-refractivity contribution in [1.82, 2.24) is 15.2 Å². The Balaban J connectivity index is 1.59. The summed E-state index contributed by atoms with van der Waals surface area (Å²) in [7, 11) is 3.13. The summed E-state index contributed by atoms with van der Waals surface area (Å²) >= 11 is 0. The summed E-state index contributed by atoms with van der Waals surface area (Å²) in [4.78, 5) is 6.14. The summed E-state index contributed by atoms with van der Waals surface area (Å²) in [6.07, 6.45) is 0.589. The van der Waals surface area contributed by atoms with E-state index < -0.39 is 0 Å². The highest BCUT2D eigenvalue weighted by Crippen LogP contribution is 2.34. The fourth-order valence-electron chi connectivity index (χ4n) is 3.26. The van der Waals surface area contributed by atoms with E-state index in [1.165, 1.54) is 0 Å². The number of benzene rings is 2. The van der Waals surface area contributed by atoms with Gasteiger partial charge in [0.05, 0.1) is 26.5 Å². The molecule has 2 aromatic carbocycles. The van der Waals surface area contributed by atoms with Gasteiger partial charge < -0.3 is 19.5 Å². The Morgan fingerprint density at radius 3 is 2.45 bits per heavy atom. The van der Waals surface area contributed by atoms with Crippen molar-refractivity contribution in [2.75, 3.05) is 25.7 Å². The summed E-state index contributed by atoms with van der Waals surface area (Å²) in [5.41, 5.74) is 2.08. The molecule has 148 valence electrons. The van der Waals surface area contributed by atoms with Gasteiger partial charge in [0.2, 0.25) is 0 Å². The quantitative estimate of drug-likeness (QED) is 0.596. The fourth-order valence-corrected chi connectivity index (χ4v) is 3.26. The molecule has 8 heteroatoms. The largest absolute Gasteiger partial charge is 0.509 e. The summed E-state index contributed by atoms with van der Waals surface area (Å²) in [5, 5.41) is 26.2. The van der Waals surface area contributed by atoms with Gasteiger partial charge in [0.25, 0.3) is 0 Å². The number of methoxy groups -OCH3 is 2. The molecule has 1 aliphatic rings. The van der Waals surface area contributed by atoms with E-state index in [-0.39, 0.29) is 18.1 Å². The zero-order chi connectivity index (χ0) is 20.4. The average molecular weight is 391 g/mol. The number of aromatic amines is 1. The van der Waals surface area contributed by atoms with Crippen LogP contribution < -0.4 is 14.4 Å². The lowest BCUT2D eigenvalue weighted by molar-refractivity contribution is 0.394. The van der Waals surface area contributed by atoms with Gasteiger partial charge in [-0.3, -0.25) is 10.5 Å². The number of aromatic nitrogens is 3. The van der Waals surface area contributed by atoms with Crippen LogP contribution in [0.1, 0.15) is 17.2 Å². The number of aliphatic hydroxyl groups is 1. The van der Waals surface area contributed by atoms with Gasteiger partial charge in [0.15, 0.2) is 5.82 Å². The van der Waals surface area contributed by atoms with Gasteiger partial charge in [-0.15, -0.1) is 0 Å². The van der Waals surface area contributed by atoms with E-state index in [9.17, 15) is 5.11 Å². The molecule has 2 heterocycles. The van der Waals surface area contributed by atoms with E-state index in [2.05, 4.69) is 15.2 Å². The molecule has 3 aromatic rings. The first kappa shape index (κ1) is 18.5. The standard InChI is InChI=1S/C21H21N5O3/c1-28-15-9-14(10-16(11-15)29-2)26-12-17(27)19(20(26)22)21-23-18(24-25-21)8-13-6-4-3-5-7-13/h3-7,9-11,22,27H,8,12H2,1-2H3,(H,23,24,25). The molecule has 0 aliphatic carbocycles. The predicted octanol–water partition coefficient (Wildman–Crippen LogP) is 3.18. The fraction of sp³-hybridized carbons (Fsp3) is 0.190. The monoisotopic (exact) mass is 391 g/mol. The first-order chi connectivity index (χ1) is 14.1. The Morgan fingerprint density at radius 1 is 1.10 bits per heavy atom. The summed E-state index contributed by atoms with van der Waals surface area (Å²) < 4.78 is 10.6. The first-order valence-corrected chi connectivity index (χ1v) is 9.06. The van der Waals surface area contributed by atoms with Crippen LogP contribution in [0.5, 0.6) is 11.5 Å². The highest BCUT2D eigenvalue weighted by Gasteiger charge is 2.32. The van der Waals surface area contributed by atoms with Gasteiger partial charge in [0.1, 0.15) is 34.5 Å². The number of hydrogen-bond acceptors (Lipinski definition) is 6. The van der Waals surface area contributed by atoms with Gasteiger partial charge in [-0.05, 0) is 5.56 Å². The summed E-state index contributed by atoms with van der Waals surface area (Å²) in [5.74, 6) is 2.33. The lowest BCUT2D eigenvalue weighted by Crippen LogP contribution is -2.26. The summed E-state index contributed by atoms with van der Waals surface area (Å²) in [6, 6.07) is 15.2. The number of nitrogens with zero attached hydrogens (tertiary/aromatic N) is 3. The number of nitrogens with one attached hydrogen (secondary N) is 2. The van der Waals surface area contributed by atoms with Crippen LogP contribution in [0.4, 0.5) is 5.69 Å². The highest BCUT2D eigenvalue weighted by molar-refractivity contribution is 6.30. The number of anilines is 1. The smallest absolute Gasteiger partial charge is 0.188 e. The van der Waals surface area contributed by atoms with Gasteiger partial charge in [-0.1, -0.05) is 30.3 Å². The highest BCUT2D eigenvalue weighted by atomic mass is 16.5. The maximum absolute atomic E-state index is 10.5. The van der Waals surface area contributed by atoms with Crippen LogP contribution in [0.2, 0.25) is 0 Å². The molecule has 0 radical (unpaired) electrons. The lowest BCUT2D eigenvalue weighted by Gasteiger charge is -2.20. The van der Waals surface area contributed by atoms with Gasteiger partial charge in [-0.2, -0.15) is 5.10 Å². The number of aliphatic hydroxyl groups excluding tert-OH is 1. The molecule has 0 bridgehead atoms. The summed E-state index contributed by atoms with van der Waals surface area (Å²) in [6.45, 7) is 0.146. The van der Waals surface area contributed by atoms with Crippen molar-refractivity contribution in [3.05, 3.63) is 71.5 Å². The molecule has 0 fully saturated rings. The van der Waals surface area contributed by atoms with Crippen LogP contribution >= 0.6 is 0 Å². The molecule has 0 unspecified atom stereocenters. The molecule has 3 N–H and O–H groups in total. The van der Waals surface area contributed by atoms with Crippen molar-refractivity contribution in [2.45, 2.75) is 6.42 Å². The number of H-pyrrole nitrogens is 1. The molecule has 29 heavy (non-hydrogen) atoms. The topological polar surface area (TPSA) is 107 Å². The second-order valence-corrected chi connectivity index (χ2v) is 6.60. The third-order valence-electron chi connectivity index (χ3n) is 4.72. The Morgan fingerprint density at radius 2 is 1.79 bits per heavy atom. The van der Waals surface area contributed by atoms with E-state index in [1.54, 1.807) is 37.3 Å². The van der Waals surface area contributed by atoms with E-state index >= 15 is 0 Å². The predicted molar refractivity (Wildman–Crippen MR) is 110 cm³/mol. The maximum Gasteiger partial charge on any atom is 0.188 e. The molecule has 0 spiro atoms. The van der Waals surface area contributed by atoms with Crippen molar-refractivity contribution in [3.63, 3.8) is 0 Å².